The molecule has 0 saturated carbocycles. The van der Waals surface area contributed by atoms with Gasteiger partial charge in [-0.15, -0.1) is 11.6 Å². The van der Waals surface area contributed by atoms with Gasteiger partial charge in [0.25, 0.3) is 0 Å². The van der Waals surface area contributed by atoms with Gasteiger partial charge in [-0.25, -0.2) is 0 Å². The number of hydrogen-bond acceptors (Lipinski definition) is 2. The lowest BCUT2D eigenvalue weighted by Crippen LogP contribution is -2.33. The molecule has 1 N–H and O–H groups in total. The lowest BCUT2D eigenvalue weighted by atomic mass is 10.1. The zero-order valence-electron chi connectivity index (χ0n) is 12.5. The predicted molar refractivity (Wildman–Crippen MR) is 84.7 cm³/mol. The lowest BCUT2D eigenvalue weighted by Gasteiger charge is -2.18. The minimum atomic E-state index is -0.270. The molecule has 1 atom stereocenters. The molecule has 1 saturated heterocycles. The number of alkyl halides is 1. The van der Waals surface area contributed by atoms with Crippen molar-refractivity contribution in [3.05, 3.63) is 29.3 Å². The van der Waals surface area contributed by atoms with Crippen molar-refractivity contribution in [2.45, 2.75) is 26.7 Å². The summed E-state index contributed by atoms with van der Waals surface area (Å²) in [5, 5.41) is 2.84. The molecule has 1 aliphatic heterocycles. The second-order valence-corrected chi connectivity index (χ2v) is 5.96. The fourth-order valence-electron chi connectivity index (χ4n) is 2.66. The Balaban J connectivity index is 2.04. The van der Waals surface area contributed by atoms with Crippen LogP contribution in [0, 0.1) is 19.8 Å². The lowest BCUT2D eigenvalue weighted by molar-refractivity contribution is -0.126. The Labute approximate surface area is 130 Å². The highest BCUT2D eigenvalue weighted by Gasteiger charge is 2.35. The average molecular weight is 309 g/mol. The topological polar surface area (TPSA) is 49.4 Å². The molecule has 1 unspecified atom stereocenters. The van der Waals surface area contributed by atoms with Gasteiger partial charge >= 0.3 is 0 Å². The zero-order valence-corrected chi connectivity index (χ0v) is 13.2. The zero-order chi connectivity index (χ0) is 15.4. The van der Waals surface area contributed by atoms with Crippen LogP contribution in [0.25, 0.3) is 0 Å². The first-order chi connectivity index (χ1) is 10.0. The molecule has 1 heterocycles. The molecule has 0 spiro atoms. The molecular formula is C16H21ClN2O2. The van der Waals surface area contributed by atoms with Crippen LogP contribution in [0.3, 0.4) is 0 Å². The first kappa shape index (κ1) is 15.8. The first-order valence-electron chi connectivity index (χ1n) is 7.23. The molecule has 0 aromatic heterocycles. The molecule has 0 aliphatic carbocycles. The van der Waals surface area contributed by atoms with Crippen LogP contribution < -0.4 is 10.2 Å². The quantitative estimate of drug-likeness (QED) is 0.671. The maximum Gasteiger partial charge on any atom is 0.227 e. The summed E-state index contributed by atoms with van der Waals surface area (Å²) in [5.41, 5.74) is 3.12. The largest absolute Gasteiger partial charge is 0.356 e. The fourth-order valence-corrected chi connectivity index (χ4v) is 2.80. The van der Waals surface area contributed by atoms with Crippen LogP contribution in [0.5, 0.6) is 0 Å². The molecule has 0 bridgehead atoms. The number of aryl methyl sites for hydroxylation is 2. The number of carbonyl (C=O) groups excluding carboxylic acids is 2. The van der Waals surface area contributed by atoms with E-state index in [0.29, 0.717) is 19.0 Å². The van der Waals surface area contributed by atoms with Crippen LogP contribution in [0.15, 0.2) is 18.2 Å². The highest BCUT2D eigenvalue weighted by molar-refractivity contribution is 6.17. The second kappa shape index (κ2) is 6.94. The molecule has 114 valence electrons. The van der Waals surface area contributed by atoms with Crippen LogP contribution in [0.4, 0.5) is 5.69 Å². The Morgan fingerprint density at radius 3 is 2.62 bits per heavy atom. The third-order valence-corrected chi connectivity index (χ3v) is 3.89. The summed E-state index contributed by atoms with van der Waals surface area (Å²) in [6.45, 7) is 5.03. The van der Waals surface area contributed by atoms with Crippen molar-refractivity contribution in [3.8, 4) is 0 Å². The molecule has 21 heavy (non-hydrogen) atoms. The Kier molecular flexibility index (Phi) is 5.23. The molecule has 1 aromatic carbocycles. The van der Waals surface area contributed by atoms with E-state index >= 15 is 0 Å². The number of halogens is 1. The highest BCUT2D eigenvalue weighted by Crippen LogP contribution is 2.27. The van der Waals surface area contributed by atoms with Crippen molar-refractivity contribution in [3.63, 3.8) is 0 Å². The van der Waals surface area contributed by atoms with E-state index in [-0.39, 0.29) is 24.2 Å². The van der Waals surface area contributed by atoms with Gasteiger partial charge in [-0.3, -0.25) is 9.59 Å². The molecule has 4 nitrogen and oxygen atoms in total. The maximum absolute atomic E-state index is 12.2. The number of benzene rings is 1. The van der Waals surface area contributed by atoms with Gasteiger partial charge in [-0.1, -0.05) is 6.07 Å². The average Bonchev–Trinajstić information content (AvgIpc) is 2.80. The summed E-state index contributed by atoms with van der Waals surface area (Å²) >= 11 is 5.59. The van der Waals surface area contributed by atoms with Crippen molar-refractivity contribution < 1.29 is 9.59 Å². The summed E-state index contributed by atoms with van der Waals surface area (Å²) in [6.07, 6.45) is 1.02. The van der Waals surface area contributed by atoms with Crippen LogP contribution in [0.1, 0.15) is 24.0 Å². The molecule has 2 rings (SSSR count). The van der Waals surface area contributed by atoms with Gasteiger partial charge in [0, 0.05) is 31.1 Å². The fraction of sp³-hybridized carbons (Fsp3) is 0.500. The number of nitrogens with one attached hydrogen (secondary N) is 1. The van der Waals surface area contributed by atoms with E-state index in [0.717, 1.165) is 23.2 Å². The van der Waals surface area contributed by atoms with Crippen molar-refractivity contribution in [2.75, 3.05) is 23.9 Å². The molecule has 5 heteroatoms. The van der Waals surface area contributed by atoms with Gasteiger partial charge in [0.1, 0.15) is 0 Å². The van der Waals surface area contributed by atoms with Gasteiger partial charge in [0.15, 0.2) is 0 Å². The van der Waals surface area contributed by atoms with Gasteiger partial charge < -0.3 is 10.2 Å². The smallest absolute Gasteiger partial charge is 0.227 e. The number of amides is 2. The van der Waals surface area contributed by atoms with E-state index in [2.05, 4.69) is 11.4 Å². The molecule has 2 amide bonds. The minimum absolute atomic E-state index is 0.0116. The minimum Gasteiger partial charge on any atom is -0.356 e. The SMILES string of the molecule is Cc1cc(C)cc(N2CC(C(=O)NCCCCl)CC2=O)c1. The van der Waals surface area contributed by atoms with Crippen LogP contribution >= 0.6 is 11.6 Å². The van der Waals surface area contributed by atoms with E-state index in [1.54, 1.807) is 4.90 Å². The number of nitrogens with zero attached hydrogens (tertiary/aromatic N) is 1. The number of hydrogen-bond donors (Lipinski definition) is 1. The summed E-state index contributed by atoms with van der Waals surface area (Å²) in [4.78, 5) is 25.9. The standard InChI is InChI=1S/C16H21ClN2O2/c1-11-6-12(2)8-14(7-11)19-10-13(9-15(19)20)16(21)18-5-3-4-17/h6-8,13H,3-5,9-10H2,1-2H3,(H,18,21). The van der Waals surface area contributed by atoms with Crippen molar-refractivity contribution in [1.82, 2.24) is 5.32 Å². The third-order valence-electron chi connectivity index (χ3n) is 3.62. The highest BCUT2D eigenvalue weighted by atomic mass is 35.5. The summed E-state index contributed by atoms with van der Waals surface area (Å²) < 4.78 is 0. The second-order valence-electron chi connectivity index (χ2n) is 5.58. The van der Waals surface area contributed by atoms with Crippen LogP contribution in [-0.2, 0) is 9.59 Å². The Morgan fingerprint density at radius 1 is 1.33 bits per heavy atom. The summed E-state index contributed by atoms with van der Waals surface area (Å²) in [6, 6.07) is 6.04. The van der Waals surface area contributed by atoms with Crippen LogP contribution in [-0.4, -0.2) is 30.8 Å². The number of carbonyl (C=O) groups is 2. The van der Waals surface area contributed by atoms with E-state index in [9.17, 15) is 9.59 Å². The number of rotatable bonds is 5. The Hall–Kier alpha value is -1.55. The molecule has 1 aromatic rings. The molecule has 1 fully saturated rings. The van der Waals surface area contributed by atoms with Gasteiger partial charge in [0.05, 0.1) is 5.92 Å². The van der Waals surface area contributed by atoms with E-state index < -0.39 is 0 Å². The van der Waals surface area contributed by atoms with Crippen molar-refractivity contribution in [1.29, 1.82) is 0 Å². The summed E-state index contributed by atoms with van der Waals surface area (Å²) in [5.74, 6) is 0.213. The molecule has 1 aliphatic rings. The maximum atomic E-state index is 12.2. The van der Waals surface area contributed by atoms with Gasteiger partial charge in [-0.2, -0.15) is 0 Å². The summed E-state index contributed by atoms with van der Waals surface area (Å²) in [7, 11) is 0. The Bertz CT molecular complexity index is 525. The predicted octanol–water partition coefficient (Wildman–Crippen LogP) is 2.40. The van der Waals surface area contributed by atoms with Gasteiger partial charge in [0.2, 0.25) is 11.8 Å². The van der Waals surface area contributed by atoms with Crippen molar-refractivity contribution >= 4 is 29.1 Å². The molecule has 0 radical (unpaired) electrons. The van der Waals surface area contributed by atoms with Crippen LogP contribution in [0.2, 0.25) is 0 Å². The normalized spacial score (nSPS) is 18.1. The first-order valence-corrected chi connectivity index (χ1v) is 7.77. The van der Waals surface area contributed by atoms with Gasteiger partial charge in [-0.05, 0) is 43.5 Å². The molecular weight excluding hydrogens is 288 g/mol. The van der Waals surface area contributed by atoms with Crippen molar-refractivity contribution in [2.24, 2.45) is 5.92 Å². The Morgan fingerprint density at radius 2 is 2.00 bits per heavy atom. The number of anilines is 1. The van der Waals surface area contributed by atoms with E-state index in [4.69, 9.17) is 11.6 Å². The monoisotopic (exact) mass is 308 g/mol. The van der Waals surface area contributed by atoms with E-state index in [1.165, 1.54) is 0 Å². The van der Waals surface area contributed by atoms with E-state index in [1.807, 2.05) is 26.0 Å². The third kappa shape index (κ3) is 3.97.